The fraction of sp³-hybridized carbons (Fsp3) is 0.474. The summed E-state index contributed by atoms with van der Waals surface area (Å²) in [6.07, 6.45) is 0.882. The van der Waals surface area contributed by atoms with Gasteiger partial charge in [-0.1, -0.05) is 6.07 Å². The van der Waals surface area contributed by atoms with Crippen LogP contribution >= 0.6 is 0 Å². The van der Waals surface area contributed by atoms with Gasteiger partial charge in [0.2, 0.25) is 5.91 Å². The van der Waals surface area contributed by atoms with Crippen LogP contribution in [0.1, 0.15) is 23.1 Å². The first-order chi connectivity index (χ1) is 11.4. The monoisotopic (exact) mass is 327 g/mol. The summed E-state index contributed by atoms with van der Waals surface area (Å²) in [5, 5.41) is 1.06. The lowest BCUT2D eigenvalue weighted by atomic mass is 10.0. The Labute approximate surface area is 142 Å². The van der Waals surface area contributed by atoms with Crippen molar-refractivity contribution < 1.29 is 4.79 Å². The molecule has 0 unspecified atom stereocenters. The normalized spacial score (nSPS) is 15.9. The van der Waals surface area contributed by atoms with Crippen LogP contribution in [0, 0.1) is 13.8 Å². The smallest absolute Gasteiger partial charge is 0.251 e. The van der Waals surface area contributed by atoms with E-state index >= 15 is 0 Å². The largest absolute Gasteiger partial charge is 0.340 e. The fourth-order valence-electron chi connectivity index (χ4n) is 3.36. The molecule has 24 heavy (non-hydrogen) atoms. The van der Waals surface area contributed by atoms with E-state index in [2.05, 4.69) is 23.0 Å². The van der Waals surface area contributed by atoms with Gasteiger partial charge in [-0.15, -0.1) is 0 Å². The number of hydrogen-bond acceptors (Lipinski definition) is 3. The van der Waals surface area contributed by atoms with E-state index in [-0.39, 0.29) is 11.5 Å². The van der Waals surface area contributed by atoms with Crippen molar-refractivity contribution in [3.05, 3.63) is 45.2 Å². The third-order valence-electron chi connectivity index (χ3n) is 4.85. The number of nitrogens with zero attached hydrogens (tertiary/aromatic N) is 2. The minimum Gasteiger partial charge on any atom is -0.340 e. The van der Waals surface area contributed by atoms with Crippen LogP contribution in [0.3, 0.4) is 0 Å². The van der Waals surface area contributed by atoms with Gasteiger partial charge in [0.15, 0.2) is 0 Å². The van der Waals surface area contributed by atoms with Crippen molar-refractivity contribution in [2.45, 2.75) is 26.7 Å². The number of H-pyrrole nitrogens is 1. The first-order valence-electron chi connectivity index (χ1n) is 8.53. The van der Waals surface area contributed by atoms with E-state index in [1.165, 1.54) is 0 Å². The number of rotatable bonds is 3. The quantitative estimate of drug-likeness (QED) is 0.936. The van der Waals surface area contributed by atoms with Gasteiger partial charge in [-0.05, 0) is 50.6 Å². The molecule has 1 saturated heterocycles. The summed E-state index contributed by atoms with van der Waals surface area (Å²) >= 11 is 0. The summed E-state index contributed by atoms with van der Waals surface area (Å²) in [5.41, 5.74) is 3.75. The number of fused-ring (bicyclic) bond motifs is 1. The number of benzene rings is 1. The minimum absolute atomic E-state index is 0.0846. The zero-order valence-electron chi connectivity index (χ0n) is 14.7. The van der Waals surface area contributed by atoms with Gasteiger partial charge >= 0.3 is 0 Å². The molecule has 5 heteroatoms. The molecule has 1 aromatic carbocycles. The Morgan fingerprint density at radius 2 is 1.83 bits per heavy atom. The third kappa shape index (κ3) is 3.51. The SMILES string of the molecule is Cc1cc(C)c2cc(CCC(=O)N3CCN(C)CC3)c(=O)[nH]c2c1. The molecule has 5 nitrogen and oxygen atoms in total. The Bertz CT molecular complexity index is 817. The molecule has 0 saturated carbocycles. The Morgan fingerprint density at radius 1 is 1.12 bits per heavy atom. The molecule has 1 aliphatic heterocycles. The Kier molecular flexibility index (Phi) is 4.71. The predicted molar refractivity (Wildman–Crippen MR) is 96.4 cm³/mol. The van der Waals surface area contributed by atoms with Crippen LogP contribution in [0.5, 0.6) is 0 Å². The number of carbonyl (C=O) groups is 1. The van der Waals surface area contributed by atoms with Crippen molar-refractivity contribution in [2.75, 3.05) is 33.2 Å². The average molecular weight is 327 g/mol. The van der Waals surface area contributed by atoms with E-state index < -0.39 is 0 Å². The summed E-state index contributed by atoms with van der Waals surface area (Å²) in [7, 11) is 2.07. The van der Waals surface area contributed by atoms with Crippen LogP contribution < -0.4 is 5.56 Å². The molecule has 3 rings (SSSR count). The highest BCUT2D eigenvalue weighted by atomic mass is 16.2. The lowest BCUT2D eigenvalue weighted by Gasteiger charge is -2.32. The zero-order valence-corrected chi connectivity index (χ0v) is 14.7. The maximum atomic E-state index is 12.4. The van der Waals surface area contributed by atoms with Crippen LogP contribution in [-0.4, -0.2) is 53.9 Å². The fourth-order valence-corrected chi connectivity index (χ4v) is 3.36. The van der Waals surface area contributed by atoms with Crippen LogP contribution in [0.4, 0.5) is 0 Å². The Morgan fingerprint density at radius 3 is 2.54 bits per heavy atom. The highest BCUT2D eigenvalue weighted by molar-refractivity contribution is 5.83. The number of piperazine rings is 1. The molecule has 0 bridgehead atoms. The number of amides is 1. The summed E-state index contributed by atoms with van der Waals surface area (Å²) in [6.45, 7) is 7.46. The second-order valence-electron chi connectivity index (χ2n) is 6.85. The third-order valence-corrected chi connectivity index (χ3v) is 4.85. The first kappa shape index (κ1) is 16.7. The van der Waals surface area contributed by atoms with E-state index in [9.17, 15) is 9.59 Å². The number of hydrogen-bond donors (Lipinski definition) is 1. The molecule has 2 heterocycles. The number of nitrogens with one attached hydrogen (secondary N) is 1. The van der Waals surface area contributed by atoms with Crippen molar-refractivity contribution in [3.63, 3.8) is 0 Å². The van der Waals surface area contributed by atoms with Crippen LogP contribution in [0.25, 0.3) is 10.9 Å². The van der Waals surface area contributed by atoms with Crippen molar-refractivity contribution >= 4 is 16.8 Å². The predicted octanol–water partition coefficient (Wildman–Crippen LogP) is 1.85. The molecule has 0 aliphatic carbocycles. The highest BCUT2D eigenvalue weighted by Gasteiger charge is 2.19. The number of pyridine rings is 1. The first-order valence-corrected chi connectivity index (χ1v) is 8.53. The maximum Gasteiger partial charge on any atom is 0.251 e. The topological polar surface area (TPSA) is 56.4 Å². The van der Waals surface area contributed by atoms with E-state index in [0.29, 0.717) is 18.4 Å². The highest BCUT2D eigenvalue weighted by Crippen LogP contribution is 2.19. The molecular weight excluding hydrogens is 302 g/mol. The molecule has 0 spiro atoms. The number of carbonyl (C=O) groups excluding carboxylic acids is 1. The van der Waals surface area contributed by atoms with Crippen LogP contribution in [0.15, 0.2) is 23.0 Å². The van der Waals surface area contributed by atoms with Gasteiger partial charge in [-0.3, -0.25) is 9.59 Å². The number of likely N-dealkylation sites (N-methyl/N-ethyl adjacent to an activating group) is 1. The van der Waals surface area contributed by atoms with Gasteiger partial charge in [0.25, 0.3) is 5.56 Å². The zero-order chi connectivity index (χ0) is 17.3. The number of aryl methyl sites for hydroxylation is 3. The summed E-state index contributed by atoms with van der Waals surface area (Å²) < 4.78 is 0. The second-order valence-corrected chi connectivity index (χ2v) is 6.85. The average Bonchev–Trinajstić information content (AvgIpc) is 2.53. The van der Waals surface area contributed by atoms with Crippen LogP contribution in [-0.2, 0) is 11.2 Å². The lowest BCUT2D eigenvalue weighted by Crippen LogP contribution is -2.47. The molecule has 1 amide bonds. The van der Waals surface area contributed by atoms with Gasteiger partial charge in [0.05, 0.1) is 0 Å². The molecule has 1 N–H and O–H groups in total. The molecule has 1 fully saturated rings. The van der Waals surface area contributed by atoms with Gasteiger partial charge in [-0.25, -0.2) is 0 Å². The van der Waals surface area contributed by atoms with Gasteiger partial charge in [-0.2, -0.15) is 0 Å². The van der Waals surface area contributed by atoms with Gasteiger partial charge < -0.3 is 14.8 Å². The van der Waals surface area contributed by atoms with E-state index in [1.807, 2.05) is 30.9 Å². The Hall–Kier alpha value is -2.14. The van der Waals surface area contributed by atoms with Crippen molar-refractivity contribution in [1.29, 1.82) is 0 Å². The summed E-state index contributed by atoms with van der Waals surface area (Å²) in [4.78, 5) is 31.8. The molecule has 1 aromatic heterocycles. The molecule has 1 aliphatic rings. The number of aromatic amines is 1. The summed E-state index contributed by atoms with van der Waals surface area (Å²) in [5.74, 6) is 0.142. The maximum absolute atomic E-state index is 12.4. The van der Waals surface area contributed by atoms with Crippen molar-refractivity contribution in [2.24, 2.45) is 0 Å². The molecule has 0 radical (unpaired) electrons. The molecule has 128 valence electrons. The van der Waals surface area contributed by atoms with Gasteiger partial charge in [0.1, 0.15) is 0 Å². The van der Waals surface area contributed by atoms with Crippen molar-refractivity contribution in [3.8, 4) is 0 Å². The lowest BCUT2D eigenvalue weighted by molar-refractivity contribution is -0.132. The van der Waals surface area contributed by atoms with Gasteiger partial charge in [0, 0.05) is 49.1 Å². The minimum atomic E-state index is -0.0846. The van der Waals surface area contributed by atoms with E-state index in [0.717, 1.165) is 48.2 Å². The molecule has 2 aromatic rings. The van der Waals surface area contributed by atoms with Crippen molar-refractivity contribution in [1.82, 2.24) is 14.8 Å². The van der Waals surface area contributed by atoms with Crippen LogP contribution in [0.2, 0.25) is 0 Å². The number of aromatic nitrogens is 1. The second kappa shape index (κ2) is 6.77. The Balaban J connectivity index is 1.74. The van der Waals surface area contributed by atoms with E-state index in [1.54, 1.807) is 0 Å². The molecule has 0 atom stereocenters. The molecular formula is C19H25N3O2. The standard InChI is InChI=1S/C19H25N3O2/c1-13-10-14(2)16-12-15(19(24)20-17(16)11-13)4-5-18(23)22-8-6-21(3)7-9-22/h10-12H,4-9H2,1-3H3,(H,20,24). The van der Waals surface area contributed by atoms with E-state index in [4.69, 9.17) is 0 Å². The summed E-state index contributed by atoms with van der Waals surface area (Å²) in [6, 6.07) is 6.04.